The maximum Gasteiger partial charge on any atom is 0.191 e. The Morgan fingerprint density at radius 1 is 1.19 bits per heavy atom. The second kappa shape index (κ2) is 13.4. The summed E-state index contributed by atoms with van der Waals surface area (Å²) in [6.45, 7) is 13.0. The Morgan fingerprint density at radius 2 is 1.97 bits per heavy atom. The molecule has 0 radical (unpaired) electrons. The smallest absolute Gasteiger partial charge is 0.191 e. The Kier molecular flexibility index (Phi) is 11.3. The summed E-state index contributed by atoms with van der Waals surface area (Å²) in [6.07, 6.45) is 1.26. The lowest BCUT2D eigenvalue weighted by atomic mass is 9.97. The Bertz CT molecular complexity index is 689. The molecule has 0 aliphatic carbocycles. The fourth-order valence-electron chi connectivity index (χ4n) is 4.13. The minimum absolute atomic E-state index is 0. The Balaban J connectivity index is 0.00000341. The van der Waals surface area contributed by atoms with Crippen LogP contribution in [-0.2, 0) is 16.0 Å². The number of benzene rings is 1. The monoisotopic (exact) mass is 546 g/mol. The van der Waals surface area contributed by atoms with Crippen LogP contribution in [0.25, 0.3) is 0 Å². The SMILES string of the molecule is CN=C(NCc1ccc(C)cc1OC(C)C)NCC(C1CCOC1)N1CCOCC1.I. The molecule has 2 aliphatic rings. The number of hydrogen-bond donors (Lipinski definition) is 2. The van der Waals surface area contributed by atoms with Crippen LogP contribution in [0.2, 0.25) is 0 Å². The van der Waals surface area contributed by atoms with Crippen molar-refractivity contribution in [3.05, 3.63) is 29.3 Å². The highest BCUT2D eigenvalue weighted by molar-refractivity contribution is 14.0. The molecule has 176 valence electrons. The number of nitrogens with one attached hydrogen (secondary N) is 2. The van der Waals surface area contributed by atoms with Gasteiger partial charge in [-0.1, -0.05) is 12.1 Å². The van der Waals surface area contributed by atoms with E-state index in [1.165, 1.54) is 5.56 Å². The van der Waals surface area contributed by atoms with E-state index >= 15 is 0 Å². The lowest BCUT2D eigenvalue weighted by molar-refractivity contribution is 0.00246. The third-order valence-corrected chi connectivity index (χ3v) is 5.76. The number of guanidine groups is 1. The minimum Gasteiger partial charge on any atom is -0.491 e. The average molecular weight is 546 g/mol. The first-order valence-electron chi connectivity index (χ1n) is 11.2. The average Bonchev–Trinajstić information content (AvgIpc) is 3.26. The largest absolute Gasteiger partial charge is 0.491 e. The number of hydrogen-bond acceptors (Lipinski definition) is 5. The van der Waals surface area contributed by atoms with Crippen molar-refractivity contribution in [2.24, 2.45) is 10.9 Å². The molecule has 2 fully saturated rings. The summed E-state index contributed by atoms with van der Waals surface area (Å²) in [7, 11) is 1.82. The van der Waals surface area contributed by atoms with E-state index in [1.54, 1.807) is 0 Å². The number of ether oxygens (including phenoxy) is 3. The molecule has 0 amide bonds. The number of aliphatic imine (C=N–C) groups is 1. The quantitative estimate of drug-likeness (QED) is 0.297. The van der Waals surface area contributed by atoms with E-state index in [1.807, 2.05) is 7.05 Å². The number of aryl methyl sites for hydroxylation is 1. The highest BCUT2D eigenvalue weighted by Gasteiger charge is 2.31. The molecule has 2 N–H and O–H groups in total. The number of morpholine rings is 1. The number of halogens is 1. The summed E-state index contributed by atoms with van der Waals surface area (Å²) in [6, 6.07) is 6.77. The van der Waals surface area contributed by atoms with E-state index in [9.17, 15) is 0 Å². The van der Waals surface area contributed by atoms with Gasteiger partial charge in [0, 0.05) is 57.4 Å². The molecule has 0 bridgehead atoms. The molecule has 1 aromatic rings. The van der Waals surface area contributed by atoms with E-state index in [0.717, 1.165) is 69.8 Å². The van der Waals surface area contributed by atoms with Gasteiger partial charge in [0.25, 0.3) is 0 Å². The minimum atomic E-state index is 0. The Labute approximate surface area is 204 Å². The lowest BCUT2D eigenvalue weighted by Gasteiger charge is -2.37. The summed E-state index contributed by atoms with van der Waals surface area (Å²) in [5, 5.41) is 7.00. The first-order chi connectivity index (χ1) is 14.6. The molecule has 2 saturated heterocycles. The molecule has 2 atom stereocenters. The van der Waals surface area contributed by atoms with Crippen molar-refractivity contribution in [2.45, 2.75) is 45.9 Å². The van der Waals surface area contributed by atoms with Crippen LogP contribution < -0.4 is 15.4 Å². The van der Waals surface area contributed by atoms with Gasteiger partial charge >= 0.3 is 0 Å². The predicted molar refractivity (Wildman–Crippen MR) is 136 cm³/mol. The summed E-state index contributed by atoms with van der Waals surface area (Å²) >= 11 is 0. The van der Waals surface area contributed by atoms with Crippen molar-refractivity contribution in [1.82, 2.24) is 15.5 Å². The van der Waals surface area contributed by atoms with Crippen molar-refractivity contribution >= 4 is 29.9 Å². The van der Waals surface area contributed by atoms with Gasteiger partial charge in [0.1, 0.15) is 5.75 Å². The molecule has 2 aliphatic heterocycles. The molecule has 2 heterocycles. The highest BCUT2D eigenvalue weighted by Crippen LogP contribution is 2.23. The van der Waals surface area contributed by atoms with Crippen molar-refractivity contribution in [2.75, 3.05) is 53.1 Å². The lowest BCUT2D eigenvalue weighted by Crippen LogP contribution is -2.53. The van der Waals surface area contributed by atoms with Crippen LogP contribution >= 0.6 is 24.0 Å². The van der Waals surface area contributed by atoms with E-state index < -0.39 is 0 Å². The first kappa shape index (κ1) is 26.2. The van der Waals surface area contributed by atoms with Gasteiger partial charge in [-0.15, -0.1) is 24.0 Å². The predicted octanol–water partition coefficient (Wildman–Crippen LogP) is 2.80. The van der Waals surface area contributed by atoms with E-state index in [2.05, 4.69) is 59.5 Å². The second-order valence-corrected chi connectivity index (χ2v) is 8.42. The zero-order valence-corrected chi connectivity index (χ0v) is 21.7. The van der Waals surface area contributed by atoms with Crippen LogP contribution in [0.4, 0.5) is 0 Å². The molecule has 0 spiro atoms. The van der Waals surface area contributed by atoms with Crippen LogP contribution in [-0.4, -0.2) is 76.1 Å². The first-order valence-corrected chi connectivity index (χ1v) is 11.2. The summed E-state index contributed by atoms with van der Waals surface area (Å²) in [5.74, 6) is 2.29. The van der Waals surface area contributed by atoms with Crippen LogP contribution in [0.15, 0.2) is 23.2 Å². The zero-order valence-electron chi connectivity index (χ0n) is 19.4. The summed E-state index contributed by atoms with van der Waals surface area (Å²) < 4.78 is 17.2. The molecule has 3 rings (SSSR count). The third kappa shape index (κ3) is 8.07. The van der Waals surface area contributed by atoms with E-state index in [-0.39, 0.29) is 30.1 Å². The van der Waals surface area contributed by atoms with Crippen molar-refractivity contribution < 1.29 is 14.2 Å². The molecule has 0 saturated carbocycles. The van der Waals surface area contributed by atoms with Crippen molar-refractivity contribution in [3.8, 4) is 5.75 Å². The van der Waals surface area contributed by atoms with E-state index in [0.29, 0.717) is 18.5 Å². The van der Waals surface area contributed by atoms with Crippen LogP contribution in [0.3, 0.4) is 0 Å². The van der Waals surface area contributed by atoms with Gasteiger partial charge in [-0.3, -0.25) is 9.89 Å². The molecular weight excluding hydrogens is 507 g/mol. The maximum absolute atomic E-state index is 6.00. The van der Waals surface area contributed by atoms with Gasteiger partial charge in [-0.25, -0.2) is 0 Å². The van der Waals surface area contributed by atoms with Crippen molar-refractivity contribution in [1.29, 1.82) is 0 Å². The maximum atomic E-state index is 6.00. The molecule has 1 aromatic carbocycles. The second-order valence-electron chi connectivity index (χ2n) is 8.42. The van der Waals surface area contributed by atoms with Gasteiger partial charge in [-0.2, -0.15) is 0 Å². The van der Waals surface area contributed by atoms with Gasteiger partial charge in [0.2, 0.25) is 0 Å². The molecular formula is C23H39IN4O3. The van der Waals surface area contributed by atoms with Gasteiger partial charge in [0.05, 0.1) is 25.9 Å². The summed E-state index contributed by atoms with van der Waals surface area (Å²) in [4.78, 5) is 6.97. The van der Waals surface area contributed by atoms with Gasteiger partial charge in [0.15, 0.2) is 5.96 Å². The van der Waals surface area contributed by atoms with Crippen LogP contribution in [0, 0.1) is 12.8 Å². The fraction of sp³-hybridized carbons (Fsp3) is 0.696. The van der Waals surface area contributed by atoms with Crippen molar-refractivity contribution in [3.63, 3.8) is 0 Å². The highest BCUT2D eigenvalue weighted by atomic mass is 127. The standard InChI is InChI=1S/C23H38N4O3.HI/c1-17(2)30-22-13-18(3)5-6-19(22)14-25-23(24-4)26-15-21(20-7-10-29-16-20)27-8-11-28-12-9-27;/h5-6,13,17,20-21H,7-12,14-16H2,1-4H3,(H2,24,25,26);1H. The van der Waals surface area contributed by atoms with Crippen LogP contribution in [0.5, 0.6) is 5.75 Å². The number of nitrogens with zero attached hydrogens (tertiary/aromatic N) is 2. The normalized spacial score (nSPS) is 20.9. The number of rotatable bonds is 8. The molecule has 7 nitrogen and oxygen atoms in total. The third-order valence-electron chi connectivity index (χ3n) is 5.76. The Hall–Kier alpha value is -1.10. The van der Waals surface area contributed by atoms with Gasteiger partial charge < -0.3 is 24.8 Å². The summed E-state index contributed by atoms with van der Waals surface area (Å²) in [5.41, 5.74) is 2.33. The van der Waals surface area contributed by atoms with Crippen LogP contribution in [0.1, 0.15) is 31.4 Å². The molecule has 0 aromatic heterocycles. The zero-order chi connectivity index (χ0) is 21.3. The fourth-order valence-corrected chi connectivity index (χ4v) is 4.13. The molecule has 8 heteroatoms. The van der Waals surface area contributed by atoms with Gasteiger partial charge in [-0.05, 0) is 38.8 Å². The Morgan fingerprint density at radius 3 is 2.61 bits per heavy atom. The van der Waals surface area contributed by atoms with E-state index in [4.69, 9.17) is 14.2 Å². The molecule has 2 unspecified atom stereocenters. The topological polar surface area (TPSA) is 67.4 Å². The molecule has 31 heavy (non-hydrogen) atoms.